The van der Waals surface area contributed by atoms with Gasteiger partial charge in [0, 0.05) is 16.3 Å². The minimum Gasteiger partial charge on any atom is -0.493 e. The van der Waals surface area contributed by atoms with Crippen LogP contribution in [0.4, 0.5) is 0 Å². The molecule has 0 unspecified atom stereocenters. The van der Waals surface area contributed by atoms with Crippen LogP contribution < -0.4 is 8.92 Å². The van der Waals surface area contributed by atoms with Crippen molar-refractivity contribution in [1.29, 1.82) is 0 Å². The minimum atomic E-state index is 0.563. The quantitative estimate of drug-likeness (QED) is 0.257. The number of rotatable bonds is 7. The van der Waals surface area contributed by atoms with Gasteiger partial charge in [-0.2, -0.15) is 0 Å². The highest BCUT2D eigenvalue weighted by Gasteiger charge is 2.12. The molecule has 0 fully saturated rings. The molecule has 6 heteroatoms. The lowest BCUT2D eigenvalue weighted by Gasteiger charge is -2.11. The number of carbonyl (C=O) groups is 1. The molecule has 0 saturated carbocycles. The van der Waals surface area contributed by atoms with Gasteiger partial charge in [0.2, 0.25) is 0 Å². The molecule has 3 nitrogen and oxygen atoms in total. The molecule has 0 aliphatic heterocycles. The predicted molar refractivity (Wildman–Crippen MR) is 99.3 cm³/mol. The summed E-state index contributed by atoms with van der Waals surface area (Å²) in [5, 5.41) is 0.738. The van der Waals surface area contributed by atoms with Crippen LogP contribution in [0.15, 0.2) is 36.4 Å². The first-order valence-corrected chi connectivity index (χ1v) is 8.87. The van der Waals surface area contributed by atoms with Crippen molar-refractivity contribution in [3.63, 3.8) is 0 Å². The molecule has 2 aromatic rings. The molecule has 0 aliphatic carbocycles. The third-order valence-electron chi connectivity index (χ3n) is 2.92. The van der Waals surface area contributed by atoms with Gasteiger partial charge in [-0.15, -0.1) is 0 Å². The van der Waals surface area contributed by atoms with Crippen molar-refractivity contribution in [3.05, 3.63) is 56.1 Å². The molecule has 116 valence electrons. The maximum atomic E-state index is 10.9. The van der Waals surface area contributed by atoms with Crippen molar-refractivity contribution < 1.29 is 13.7 Å². The average molecular weight is 449 g/mol. The number of aldehydes is 1. The standard InChI is InChI=1S/C16H14ClIO3S/c1-20-15-9-12(10-19)8-14(18)16(15)21-22-7-6-11-2-4-13(17)5-3-11/h2-5,8-10H,6-7H2,1H3. The number of ether oxygens (including phenoxy) is 1. The van der Waals surface area contributed by atoms with E-state index in [0.717, 1.165) is 27.1 Å². The highest BCUT2D eigenvalue weighted by atomic mass is 127. The van der Waals surface area contributed by atoms with Gasteiger partial charge in [0.25, 0.3) is 0 Å². The highest BCUT2D eigenvalue weighted by molar-refractivity contribution is 14.1. The van der Waals surface area contributed by atoms with Crippen LogP contribution >= 0.6 is 46.2 Å². The molecule has 0 atom stereocenters. The van der Waals surface area contributed by atoms with Gasteiger partial charge in [-0.25, -0.2) is 0 Å². The summed E-state index contributed by atoms with van der Waals surface area (Å²) in [4.78, 5) is 10.9. The fraction of sp³-hybridized carbons (Fsp3) is 0.188. The number of carbonyl (C=O) groups excluding carboxylic acids is 1. The second-order valence-electron chi connectivity index (χ2n) is 4.43. The fourth-order valence-electron chi connectivity index (χ4n) is 1.80. The summed E-state index contributed by atoms with van der Waals surface area (Å²) in [6, 6.07) is 11.2. The summed E-state index contributed by atoms with van der Waals surface area (Å²) in [6.45, 7) is 0. The van der Waals surface area contributed by atoms with Gasteiger partial charge >= 0.3 is 0 Å². The lowest BCUT2D eigenvalue weighted by atomic mass is 10.2. The molecular weight excluding hydrogens is 435 g/mol. The monoisotopic (exact) mass is 448 g/mol. The maximum Gasteiger partial charge on any atom is 0.192 e. The van der Waals surface area contributed by atoms with E-state index in [1.807, 2.05) is 24.3 Å². The molecular formula is C16H14ClIO3S. The Morgan fingerprint density at radius 1 is 1.27 bits per heavy atom. The van der Waals surface area contributed by atoms with Crippen LogP contribution in [-0.4, -0.2) is 19.1 Å². The smallest absolute Gasteiger partial charge is 0.192 e. The summed E-state index contributed by atoms with van der Waals surface area (Å²) in [7, 11) is 1.56. The molecule has 0 spiro atoms. The largest absolute Gasteiger partial charge is 0.493 e. The van der Waals surface area contributed by atoms with Gasteiger partial charge in [0.15, 0.2) is 11.5 Å². The summed E-state index contributed by atoms with van der Waals surface area (Å²) in [6.07, 6.45) is 1.68. The third-order valence-corrected chi connectivity index (χ3v) is 4.63. The van der Waals surface area contributed by atoms with Crippen molar-refractivity contribution in [3.8, 4) is 11.5 Å². The summed E-state index contributed by atoms with van der Waals surface area (Å²) >= 11 is 9.35. The summed E-state index contributed by atoms with van der Waals surface area (Å²) in [5.74, 6) is 2.01. The van der Waals surface area contributed by atoms with Crippen LogP contribution in [0.3, 0.4) is 0 Å². The fourth-order valence-corrected chi connectivity index (χ4v) is 3.50. The number of hydrogen-bond acceptors (Lipinski definition) is 4. The van der Waals surface area contributed by atoms with E-state index < -0.39 is 0 Å². The van der Waals surface area contributed by atoms with E-state index in [-0.39, 0.29) is 0 Å². The minimum absolute atomic E-state index is 0.563. The van der Waals surface area contributed by atoms with Crippen molar-refractivity contribution in [2.24, 2.45) is 0 Å². The molecule has 0 heterocycles. The Labute approximate surface area is 152 Å². The maximum absolute atomic E-state index is 10.9. The van der Waals surface area contributed by atoms with Crippen LogP contribution in [-0.2, 0) is 6.42 Å². The molecule has 0 saturated heterocycles. The van der Waals surface area contributed by atoms with Crippen molar-refractivity contribution in [2.45, 2.75) is 6.42 Å². The van der Waals surface area contributed by atoms with E-state index in [1.165, 1.54) is 17.6 Å². The predicted octanol–water partition coefficient (Wildman–Crippen LogP) is 5.04. The van der Waals surface area contributed by atoms with Crippen LogP contribution in [0.5, 0.6) is 11.5 Å². The van der Waals surface area contributed by atoms with Crippen molar-refractivity contribution in [1.82, 2.24) is 0 Å². The van der Waals surface area contributed by atoms with Gasteiger partial charge < -0.3 is 8.92 Å². The van der Waals surface area contributed by atoms with Gasteiger partial charge in [-0.1, -0.05) is 23.7 Å². The van der Waals surface area contributed by atoms with Crippen LogP contribution in [0, 0.1) is 3.57 Å². The topological polar surface area (TPSA) is 35.5 Å². The number of hydrogen-bond donors (Lipinski definition) is 0. The molecule has 0 bridgehead atoms. The average Bonchev–Trinajstić information content (AvgIpc) is 2.53. The Kier molecular flexibility index (Phi) is 6.85. The van der Waals surface area contributed by atoms with E-state index in [1.54, 1.807) is 19.2 Å². The molecule has 0 radical (unpaired) electrons. The first-order chi connectivity index (χ1) is 10.6. The molecule has 22 heavy (non-hydrogen) atoms. The number of methoxy groups -OCH3 is 1. The van der Waals surface area contributed by atoms with E-state index in [9.17, 15) is 4.79 Å². The number of halogens is 2. The Morgan fingerprint density at radius 2 is 2.00 bits per heavy atom. The van der Waals surface area contributed by atoms with Crippen LogP contribution in [0.1, 0.15) is 15.9 Å². The van der Waals surface area contributed by atoms with E-state index in [0.29, 0.717) is 17.1 Å². The molecule has 0 aliphatic rings. The third kappa shape index (κ3) is 4.79. The molecule has 2 aromatic carbocycles. The van der Waals surface area contributed by atoms with Crippen LogP contribution in [0.2, 0.25) is 5.02 Å². The zero-order chi connectivity index (χ0) is 15.9. The van der Waals surface area contributed by atoms with Crippen LogP contribution in [0.25, 0.3) is 0 Å². The molecule has 0 N–H and O–H groups in total. The molecule has 0 aromatic heterocycles. The zero-order valence-electron chi connectivity index (χ0n) is 11.8. The summed E-state index contributed by atoms with van der Waals surface area (Å²) in [5.41, 5.74) is 1.78. The van der Waals surface area contributed by atoms with E-state index in [2.05, 4.69) is 22.6 Å². The normalized spacial score (nSPS) is 10.3. The Balaban J connectivity index is 1.94. The number of benzene rings is 2. The van der Waals surface area contributed by atoms with Gasteiger partial charge in [0.05, 0.1) is 22.7 Å². The van der Waals surface area contributed by atoms with E-state index in [4.69, 9.17) is 20.5 Å². The van der Waals surface area contributed by atoms with Crippen molar-refractivity contribution >= 4 is 52.5 Å². The van der Waals surface area contributed by atoms with E-state index >= 15 is 0 Å². The molecule has 0 amide bonds. The lowest BCUT2D eigenvalue weighted by Crippen LogP contribution is -1.96. The first kappa shape index (κ1) is 17.4. The first-order valence-electron chi connectivity index (χ1n) is 6.50. The second-order valence-corrected chi connectivity index (χ2v) is 6.84. The molecule has 2 rings (SSSR count). The SMILES string of the molecule is COc1cc(C=O)cc(I)c1OSCCc1ccc(Cl)cc1. The zero-order valence-corrected chi connectivity index (χ0v) is 15.6. The second kappa shape index (κ2) is 8.64. The number of aryl methyl sites for hydroxylation is 1. The Bertz CT molecular complexity index is 647. The highest BCUT2D eigenvalue weighted by Crippen LogP contribution is 2.35. The van der Waals surface area contributed by atoms with Gasteiger partial charge in [-0.05, 0) is 58.8 Å². The summed E-state index contributed by atoms with van der Waals surface area (Å²) < 4.78 is 11.9. The Morgan fingerprint density at radius 3 is 2.64 bits per heavy atom. The van der Waals surface area contributed by atoms with Crippen molar-refractivity contribution in [2.75, 3.05) is 12.9 Å². The van der Waals surface area contributed by atoms with Gasteiger partial charge in [-0.3, -0.25) is 4.79 Å². The lowest BCUT2D eigenvalue weighted by molar-refractivity contribution is 0.112. The van der Waals surface area contributed by atoms with Gasteiger partial charge in [0.1, 0.15) is 6.29 Å². The Hall–Kier alpha value is -0.920.